The van der Waals surface area contributed by atoms with Crippen LogP contribution in [-0.4, -0.2) is 42.7 Å². The number of hydrogen-bond donors (Lipinski definition) is 0. The van der Waals surface area contributed by atoms with Crippen LogP contribution in [-0.2, 0) is 4.74 Å². The van der Waals surface area contributed by atoms with Crippen molar-refractivity contribution in [1.82, 2.24) is 4.90 Å². The van der Waals surface area contributed by atoms with Gasteiger partial charge in [-0.2, -0.15) is 11.8 Å². The lowest BCUT2D eigenvalue weighted by atomic mass is 10.1. The average molecular weight is 373 g/mol. The van der Waals surface area contributed by atoms with Crippen LogP contribution in [0.25, 0.3) is 0 Å². The van der Waals surface area contributed by atoms with Crippen molar-refractivity contribution in [3.63, 3.8) is 0 Å². The van der Waals surface area contributed by atoms with Crippen LogP contribution in [0.2, 0.25) is 0 Å². The molecule has 4 nitrogen and oxygen atoms in total. The van der Waals surface area contributed by atoms with Gasteiger partial charge in [0.1, 0.15) is 5.82 Å². The summed E-state index contributed by atoms with van der Waals surface area (Å²) < 4.78 is 18.8. The molecule has 1 fully saturated rings. The van der Waals surface area contributed by atoms with Crippen LogP contribution in [0.15, 0.2) is 48.5 Å². The third-order valence-corrected chi connectivity index (χ3v) is 5.75. The van der Waals surface area contributed by atoms with Gasteiger partial charge in [-0.1, -0.05) is 30.3 Å². The van der Waals surface area contributed by atoms with E-state index in [0.29, 0.717) is 36.4 Å². The smallest absolute Gasteiger partial charge is 0.338 e. The molecule has 1 saturated heterocycles. The Kier molecular flexibility index (Phi) is 5.93. The van der Waals surface area contributed by atoms with E-state index in [1.54, 1.807) is 53.1 Å². The number of ether oxygens (including phenoxy) is 1. The zero-order valence-electron chi connectivity index (χ0n) is 14.5. The molecule has 3 rings (SSSR count). The predicted octanol–water partition coefficient (Wildman–Crippen LogP) is 3.93. The van der Waals surface area contributed by atoms with Crippen LogP contribution >= 0.6 is 11.8 Å². The Morgan fingerprint density at radius 3 is 2.50 bits per heavy atom. The monoisotopic (exact) mass is 373 g/mol. The van der Waals surface area contributed by atoms with E-state index in [0.717, 1.165) is 0 Å². The number of nitrogens with zero attached hydrogens (tertiary/aromatic N) is 1. The molecule has 1 amide bonds. The Labute approximate surface area is 156 Å². The van der Waals surface area contributed by atoms with Crippen LogP contribution in [0.1, 0.15) is 38.0 Å². The second kappa shape index (κ2) is 8.36. The highest BCUT2D eigenvalue weighted by molar-refractivity contribution is 7.99. The van der Waals surface area contributed by atoms with Gasteiger partial charge in [0.2, 0.25) is 0 Å². The molecule has 2 aromatic rings. The summed E-state index contributed by atoms with van der Waals surface area (Å²) in [4.78, 5) is 26.6. The second-order valence-corrected chi connectivity index (χ2v) is 7.31. The largest absolute Gasteiger partial charge is 0.465 e. The number of methoxy groups -OCH3 is 1. The summed E-state index contributed by atoms with van der Waals surface area (Å²) in [5.41, 5.74) is 1.29. The Morgan fingerprint density at radius 1 is 1.08 bits per heavy atom. The maximum atomic E-state index is 14.1. The summed E-state index contributed by atoms with van der Waals surface area (Å²) >= 11 is 1.66. The fraction of sp³-hybridized carbons (Fsp3) is 0.300. The molecule has 136 valence electrons. The Bertz CT molecular complexity index is 811. The summed E-state index contributed by atoms with van der Waals surface area (Å²) in [6, 6.07) is 13.4. The Morgan fingerprint density at radius 2 is 1.77 bits per heavy atom. The van der Waals surface area contributed by atoms with Crippen LogP contribution in [0.4, 0.5) is 4.39 Å². The zero-order chi connectivity index (χ0) is 18.5. The van der Waals surface area contributed by atoms with E-state index in [2.05, 4.69) is 0 Å². The molecule has 0 bridgehead atoms. The first kappa shape index (κ1) is 18.5. The van der Waals surface area contributed by atoms with Gasteiger partial charge in [0, 0.05) is 29.7 Å². The van der Waals surface area contributed by atoms with Crippen molar-refractivity contribution in [2.75, 3.05) is 26.0 Å². The van der Waals surface area contributed by atoms with Crippen LogP contribution in [0.3, 0.4) is 0 Å². The van der Waals surface area contributed by atoms with E-state index < -0.39 is 5.97 Å². The molecule has 1 atom stereocenters. The molecule has 6 heteroatoms. The molecule has 0 radical (unpaired) electrons. The quantitative estimate of drug-likeness (QED) is 0.765. The maximum absolute atomic E-state index is 14.1. The third-order valence-electron chi connectivity index (χ3n) is 4.44. The summed E-state index contributed by atoms with van der Waals surface area (Å²) in [5.74, 6) is -0.213. The van der Waals surface area contributed by atoms with E-state index in [4.69, 9.17) is 4.74 Å². The van der Waals surface area contributed by atoms with Gasteiger partial charge in [0.05, 0.1) is 18.2 Å². The first-order valence-corrected chi connectivity index (χ1v) is 9.49. The summed E-state index contributed by atoms with van der Waals surface area (Å²) in [5, 5.41) is 0.0184. The number of hydrogen-bond acceptors (Lipinski definition) is 4. The lowest BCUT2D eigenvalue weighted by Crippen LogP contribution is -2.34. The normalized spacial score (nSPS) is 17.5. The van der Waals surface area contributed by atoms with Crippen molar-refractivity contribution >= 4 is 23.6 Å². The number of rotatable bonds is 3. The molecule has 1 heterocycles. The predicted molar refractivity (Wildman–Crippen MR) is 99.9 cm³/mol. The lowest BCUT2D eigenvalue weighted by molar-refractivity contribution is 0.0590. The van der Waals surface area contributed by atoms with Crippen LogP contribution < -0.4 is 0 Å². The fourth-order valence-electron chi connectivity index (χ4n) is 3.09. The highest BCUT2D eigenvalue weighted by atomic mass is 32.2. The van der Waals surface area contributed by atoms with E-state index in [-0.39, 0.29) is 22.5 Å². The lowest BCUT2D eigenvalue weighted by Gasteiger charge is -2.21. The van der Waals surface area contributed by atoms with Crippen LogP contribution in [0.5, 0.6) is 0 Å². The van der Waals surface area contributed by atoms with Gasteiger partial charge in [-0.05, 0) is 24.6 Å². The minimum atomic E-state index is -0.526. The van der Waals surface area contributed by atoms with E-state index in [1.165, 1.54) is 13.2 Å². The van der Waals surface area contributed by atoms with Crippen molar-refractivity contribution in [2.24, 2.45) is 0 Å². The minimum Gasteiger partial charge on any atom is -0.465 e. The van der Waals surface area contributed by atoms with Gasteiger partial charge in [-0.25, -0.2) is 9.18 Å². The fourth-order valence-corrected chi connectivity index (χ4v) is 4.34. The average Bonchev–Trinajstić information content (AvgIpc) is 2.93. The van der Waals surface area contributed by atoms with E-state index in [9.17, 15) is 14.0 Å². The van der Waals surface area contributed by atoms with Crippen molar-refractivity contribution in [2.45, 2.75) is 11.7 Å². The maximum Gasteiger partial charge on any atom is 0.338 e. The first-order valence-electron chi connectivity index (χ1n) is 8.44. The number of halogens is 1. The van der Waals surface area contributed by atoms with Crippen molar-refractivity contribution < 1.29 is 18.7 Å². The topological polar surface area (TPSA) is 46.6 Å². The summed E-state index contributed by atoms with van der Waals surface area (Å²) in [6.45, 7) is 1.07. The molecule has 1 aliphatic rings. The van der Waals surface area contributed by atoms with E-state index in [1.807, 2.05) is 6.07 Å². The number of carbonyl (C=O) groups is 2. The molecule has 2 aromatic carbocycles. The number of thioether (sulfide) groups is 1. The molecular formula is C20H20FNO3S. The first-order chi connectivity index (χ1) is 12.6. The second-order valence-electron chi connectivity index (χ2n) is 6.00. The van der Waals surface area contributed by atoms with Crippen molar-refractivity contribution in [3.05, 3.63) is 71.0 Å². The number of esters is 1. The Hall–Kier alpha value is -2.34. The molecule has 0 saturated carbocycles. The molecule has 26 heavy (non-hydrogen) atoms. The molecule has 0 unspecified atom stereocenters. The number of benzene rings is 2. The third kappa shape index (κ3) is 3.90. The van der Waals surface area contributed by atoms with Gasteiger partial charge in [-0.15, -0.1) is 0 Å². The van der Waals surface area contributed by atoms with Crippen molar-refractivity contribution in [1.29, 1.82) is 0 Å². The SMILES string of the molecule is COC(=O)c1ccccc1C(=O)N1CCS[C@H](c2ccccc2F)CC1. The molecule has 1 aliphatic heterocycles. The minimum absolute atomic E-state index is 0.0184. The highest BCUT2D eigenvalue weighted by Crippen LogP contribution is 2.35. The molecular weight excluding hydrogens is 353 g/mol. The van der Waals surface area contributed by atoms with Gasteiger partial charge in [-0.3, -0.25) is 4.79 Å². The van der Waals surface area contributed by atoms with Gasteiger partial charge >= 0.3 is 5.97 Å². The molecule has 0 N–H and O–H groups in total. The molecule has 0 aromatic heterocycles. The number of amides is 1. The highest BCUT2D eigenvalue weighted by Gasteiger charge is 2.26. The molecule has 0 spiro atoms. The van der Waals surface area contributed by atoms with Gasteiger partial charge in [0.25, 0.3) is 5.91 Å². The Balaban J connectivity index is 1.77. The summed E-state index contributed by atoms with van der Waals surface area (Å²) in [7, 11) is 1.30. The number of carbonyl (C=O) groups excluding carboxylic acids is 2. The summed E-state index contributed by atoms with van der Waals surface area (Å²) in [6.07, 6.45) is 0.664. The zero-order valence-corrected chi connectivity index (χ0v) is 15.3. The van der Waals surface area contributed by atoms with E-state index >= 15 is 0 Å². The van der Waals surface area contributed by atoms with Gasteiger partial charge < -0.3 is 9.64 Å². The van der Waals surface area contributed by atoms with Crippen molar-refractivity contribution in [3.8, 4) is 0 Å². The molecule has 0 aliphatic carbocycles. The van der Waals surface area contributed by atoms with Crippen LogP contribution in [0, 0.1) is 5.82 Å². The van der Waals surface area contributed by atoms with Gasteiger partial charge in [0.15, 0.2) is 0 Å². The standard InChI is InChI=1S/C20H20FNO3S/c1-25-20(24)15-7-3-2-6-14(15)19(23)22-11-10-18(26-13-12-22)16-8-4-5-9-17(16)21/h2-9,18H,10-13H2,1H3/t18-/m0/s1.